The highest BCUT2D eigenvalue weighted by Gasteiger charge is 2.61. The lowest BCUT2D eigenvalue weighted by Gasteiger charge is -2.58. The van der Waals surface area contributed by atoms with E-state index in [-0.39, 0.29) is 10.8 Å². The zero-order valence-electron chi connectivity index (χ0n) is 21.5. The molecule has 3 fully saturated rings. The van der Waals surface area contributed by atoms with E-state index in [0.717, 1.165) is 31.4 Å². The molecular weight excluding hydrogens is 416 g/mol. The van der Waals surface area contributed by atoms with Gasteiger partial charge in [0.05, 0.1) is 11.4 Å². The zero-order valence-corrected chi connectivity index (χ0v) is 22.5. The fourth-order valence-electron chi connectivity index (χ4n) is 8.19. The van der Waals surface area contributed by atoms with E-state index < -0.39 is 8.32 Å². The van der Waals surface area contributed by atoms with Crippen LogP contribution in [0.5, 0.6) is 0 Å². The minimum atomic E-state index is -1.53. The van der Waals surface area contributed by atoms with E-state index >= 15 is 0 Å². The van der Waals surface area contributed by atoms with Gasteiger partial charge in [0.2, 0.25) is 0 Å². The van der Waals surface area contributed by atoms with Gasteiger partial charge in [0.25, 0.3) is 0 Å². The molecule has 0 heterocycles. The molecule has 0 radical (unpaired) electrons. The summed E-state index contributed by atoms with van der Waals surface area (Å²) < 4.78 is 6.55. The molecule has 0 aromatic carbocycles. The lowest BCUT2D eigenvalue weighted by molar-refractivity contribution is 0.0168. The van der Waals surface area contributed by atoms with Crippen molar-refractivity contribution >= 4 is 19.7 Å². The third-order valence-electron chi connectivity index (χ3n) is 9.23. The Morgan fingerprint density at radius 2 is 1.84 bits per heavy atom. The molecule has 0 aromatic rings. The summed E-state index contributed by atoms with van der Waals surface area (Å²) in [6.45, 7) is 14.1. The molecule has 4 aliphatic carbocycles. The number of oxime groups is 2. The smallest absolute Gasteiger partial charge is 0.184 e. The van der Waals surface area contributed by atoms with Crippen LogP contribution >= 0.6 is 0 Å². The Morgan fingerprint density at radius 3 is 2.50 bits per heavy atom. The summed E-state index contributed by atoms with van der Waals surface area (Å²) in [5.41, 5.74) is 4.38. The number of fused-ring (bicyclic) bond motifs is 5. The maximum absolute atomic E-state index is 6.55. The summed E-state index contributed by atoms with van der Waals surface area (Å²) in [6, 6.07) is 0. The molecule has 0 amide bonds. The molecule has 0 saturated heterocycles. The maximum atomic E-state index is 6.55. The molecule has 0 aromatic heterocycles. The highest BCUT2D eigenvalue weighted by molar-refractivity contribution is 6.69. The predicted molar refractivity (Wildman–Crippen MR) is 133 cm³/mol. The van der Waals surface area contributed by atoms with Crippen LogP contribution in [0.15, 0.2) is 22.0 Å². The minimum absolute atomic E-state index is 0.171. The molecule has 4 rings (SSSR count). The third kappa shape index (κ3) is 4.00. The van der Waals surface area contributed by atoms with Gasteiger partial charge in [-0.2, -0.15) is 0 Å². The summed E-state index contributed by atoms with van der Waals surface area (Å²) in [5.74, 6) is 2.26. The molecule has 180 valence electrons. The van der Waals surface area contributed by atoms with Gasteiger partial charge in [-0.15, -0.1) is 0 Å². The summed E-state index contributed by atoms with van der Waals surface area (Å²) in [4.78, 5) is 10.6. The molecule has 4 aliphatic rings. The normalized spacial score (nSPS) is 43.2. The van der Waals surface area contributed by atoms with Gasteiger partial charge in [-0.05, 0) is 94.2 Å². The lowest BCUT2D eigenvalue weighted by atomic mass is 9.46. The zero-order chi connectivity index (χ0) is 23.3. The Balaban J connectivity index is 1.68. The second-order valence-corrected chi connectivity index (χ2v) is 16.7. The van der Waals surface area contributed by atoms with Crippen LogP contribution in [-0.2, 0) is 14.1 Å². The van der Waals surface area contributed by atoms with E-state index in [0.29, 0.717) is 29.8 Å². The molecular formula is C26H44N2O3Si. The first-order chi connectivity index (χ1) is 15.0. The first-order valence-electron chi connectivity index (χ1n) is 12.6. The van der Waals surface area contributed by atoms with E-state index in [4.69, 9.17) is 19.3 Å². The molecule has 0 bridgehead atoms. The van der Waals surface area contributed by atoms with Crippen LogP contribution in [0.3, 0.4) is 0 Å². The fraction of sp³-hybridized carbons (Fsp3) is 0.846. The highest BCUT2D eigenvalue weighted by Crippen LogP contribution is 2.65. The maximum Gasteiger partial charge on any atom is 0.184 e. The van der Waals surface area contributed by atoms with Crippen molar-refractivity contribution in [1.82, 2.24) is 0 Å². The van der Waals surface area contributed by atoms with Crippen molar-refractivity contribution in [2.75, 3.05) is 14.2 Å². The Labute approximate surface area is 196 Å². The topological polar surface area (TPSA) is 52.4 Å². The quantitative estimate of drug-likeness (QED) is 0.206. The van der Waals surface area contributed by atoms with Gasteiger partial charge >= 0.3 is 0 Å². The van der Waals surface area contributed by atoms with E-state index in [2.05, 4.69) is 51.6 Å². The van der Waals surface area contributed by atoms with Crippen LogP contribution in [0.2, 0.25) is 19.6 Å². The fourth-order valence-corrected chi connectivity index (χ4v) is 9.40. The Morgan fingerprint density at radius 1 is 1.09 bits per heavy atom. The van der Waals surface area contributed by atoms with Crippen molar-refractivity contribution in [3.8, 4) is 0 Å². The predicted octanol–water partition coefficient (Wildman–Crippen LogP) is 6.42. The van der Waals surface area contributed by atoms with Gasteiger partial charge in [-0.3, -0.25) is 0 Å². The van der Waals surface area contributed by atoms with Crippen molar-refractivity contribution in [2.45, 2.75) is 91.5 Å². The second-order valence-electron chi connectivity index (χ2n) is 12.2. The van der Waals surface area contributed by atoms with E-state index in [1.807, 2.05) is 0 Å². The molecule has 0 spiro atoms. The first-order valence-corrected chi connectivity index (χ1v) is 16.0. The minimum Gasteiger partial charge on any atom is -0.414 e. The van der Waals surface area contributed by atoms with Crippen LogP contribution < -0.4 is 0 Å². The van der Waals surface area contributed by atoms with E-state index in [1.165, 1.54) is 25.0 Å². The molecule has 3 unspecified atom stereocenters. The first kappa shape index (κ1) is 24.0. The SMILES string of the molecule is CON=C1C[C@@]2(C)C(CC[C@@H]2C(C)=NOC)C2CC=C3C[C@@H](O[Si](C)(C)C)CC[C@]3(C)C12. The van der Waals surface area contributed by atoms with E-state index in [9.17, 15) is 0 Å². The van der Waals surface area contributed by atoms with Crippen molar-refractivity contribution < 1.29 is 14.1 Å². The van der Waals surface area contributed by atoms with Crippen molar-refractivity contribution in [2.24, 2.45) is 44.8 Å². The van der Waals surface area contributed by atoms with Crippen molar-refractivity contribution in [3.05, 3.63) is 11.6 Å². The second kappa shape index (κ2) is 8.57. The van der Waals surface area contributed by atoms with Gasteiger partial charge in [0, 0.05) is 17.9 Å². The van der Waals surface area contributed by atoms with Crippen LogP contribution in [0.25, 0.3) is 0 Å². The van der Waals surface area contributed by atoms with E-state index in [1.54, 1.807) is 19.8 Å². The monoisotopic (exact) mass is 460 g/mol. The van der Waals surface area contributed by atoms with Crippen molar-refractivity contribution in [3.63, 3.8) is 0 Å². The molecule has 6 heteroatoms. The Bertz CT molecular complexity index is 816. The molecule has 0 N–H and O–H groups in total. The molecule has 3 saturated carbocycles. The van der Waals surface area contributed by atoms with Gasteiger partial charge in [-0.25, -0.2) is 0 Å². The summed E-state index contributed by atoms with van der Waals surface area (Å²) in [7, 11) is 1.83. The average Bonchev–Trinajstić information content (AvgIpc) is 3.04. The van der Waals surface area contributed by atoms with Gasteiger partial charge in [-0.1, -0.05) is 35.8 Å². The summed E-state index contributed by atoms with van der Waals surface area (Å²) in [5, 5.41) is 9.08. The summed E-state index contributed by atoms with van der Waals surface area (Å²) in [6.07, 6.45) is 11.1. The lowest BCUT2D eigenvalue weighted by Crippen LogP contribution is -2.55. The number of hydrogen-bond donors (Lipinski definition) is 0. The van der Waals surface area contributed by atoms with Crippen LogP contribution in [0.1, 0.15) is 65.7 Å². The van der Waals surface area contributed by atoms with Gasteiger partial charge < -0.3 is 14.1 Å². The Kier molecular flexibility index (Phi) is 6.43. The molecule has 0 aliphatic heterocycles. The molecule has 5 nitrogen and oxygen atoms in total. The molecule has 32 heavy (non-hydrogen) atoms. The van der Waals surface area contributed by atoms with Gasteiger partial charge in [0.1, 0.15) is 14.2 Å². The van der Waals surface area contributed by atoms with Crippen LogP contribution in [0, 0.1) is 34.5 Å². The number of hydrogen-bond acceptors (Lipinski definition) is 5. The highest BCUT2D eigenvalue weighted by atomic mass is 28.4. The van der Waals surface area contributed by atoms with Crippen LogP contribution in [0.4, 0.5) is 0 Å². The number of rotatable bonds is 5. The largest absolute Gasteiger partial charge is 0.414 e. The van der Waals surface area contributed by atoms with Gasteiger partial charge in [0.15, 0.2) is 8.32 Å². The number of allylic oxidation sites excluding steroid dienone is 1. The average molecular weight is 461 g/mol. The van der Waals surface area contributed by atoms with Crippen LogP contribution in [-0.4, -0.2) is 40.1 Å². The Hall–Kier alpha value is -1.14. The summed E-state index contributed by atoms with van der Waals surface area (Å²) >= 11 is 0. The number of nitrogens with zero attached hydrogens (tertiary/aromatic N) is 2. The molecule has 7 atom stereocenters. The van der Waals surface area contributed by atoms with Crippen molar-refractivity contribution in [1.29, 1.82) is 0 Å². The third-order valence-corrected chi connectivity index (χ3v) is 10.3. The standard InChI is InChI=1S/C26H44N2O3Si/c1-17(27-29-4)21-11-12-22-20-10-9-18-15-19(31-32(6,7)8)13-14-25(18,2)24(20)23(28-30-5)16-26(21,22)3/h9,19-22,24H,10-16H2,1-8H3/t19-,20?,21+,22?,24?,25-,26+/m0/s1.